The molecule has 0 spiro atoms. The summed E-state index contributed by atoms with van der Waals surface area (Å²) in [5.74, 6) is 0.436. The minimum atomic E-state index is -3.82. The van der Waals surface area contributed by atoms with E-state index in [9.17, 15) is 8.42 Å². The summed E-state index contributed by atoms with van der Waals surface area (Å²) in [5, 5.41) is 3.80. The van der Waals surface area contributed by atoms with E-state index in [0.717, 1.165) is 19.5 Å². The van der Waals surface area contributed by atoms with Crippen LogP contribution in [-0.4, -0.2) is 32.6 Å². The molecule has 2 aromatic rings. The lowest BCUT2D eigenvalue weighted by Crippen LogP contribution is -2.20. The van der Waals surface area contributed by atoms with E-state index in [0.29, 0.717) is 20.9 Å². The summed E-state index contributed by atoms with van der Waals surface area (Å²) in [6, 6.07) is 6.11. The predicted octanol–water partition coefficient (Wildman–Crippen LogP) is 3.69. The fraction of sp³-hybridized carbons (Fsp3) is 0.267. The highest BCUT2D eigenvalue weighted by Crippen LogP contribution is 2.31. The summed E-state index contributed by atoms with van der Waals surface area (Å²) < 4.78 is 33.7. The third-order valence-electron chi connectivity index (χ3n) is 3.57. The Hall–Kier alpha value is -1.06. The zero-order valence-electron chi connectivity index (χ0n) is 12.8. The molecule has 3 rings (SSSR count). The van der Waals surface area contributed by atoms with Crippen LogP contribution >= 0.6 is 39.1 Å². The number of halogens is 3. The molecular weight excluding hydrogens is 453 g/mol. The number of nitrogens with zero attached hydrogens (tertiary/aromatic N) is 1. The first-order valence-corrected chi connectivity index (χ1v) is 10.4. The Kier molecular flexibility index (Phi) is 5.75. The third-order valence-corrected chi connectivity index (χ3v) is 6.37. The second-order valence-corrected chi connectivity index (χ2v) is 8.73. The van der Waals surface area contributed by atoms with Crippen molar-refractivity contribution in [3.63, 3.8) is 0 Å². The minimum Gasteiger partial charge on any atom is -0.487 e. The molecule has 0 bridgehead atoms. The third kappa shape index (κ3) is 4.57. The molecule has 0 radical (unpaired) electrons. The molecule has 1 aliphatic heterocycles. The SMILES string of the molecule is O=S(=O)(Nc1ccc(Cl)c(OC2CCNC2)c1)c1cnc(Cl)c(Br)c1. The van der Waals surface area contributed by atoms with Gasteiger partial charge >= 0.3 is 0 Å². The zero-order chi connectivity index (χ0) is 18.0. The van der Waals surface area contributed by atoms with Crippen LogP contribution < -0.4 is 14.8 Å². The summed E-state index contributed by atoms with van der Waals surface area (Å²) in [6.45, 7) is 1.61. The molecule has 0 aliphatic carbocycles. The average molecular weight is 467 g/mol. The lowest BCUT2D eigenvalue weighted by atomic mass is 10.3. The van der Waals surface area contributed by atoms with Gasteiger partial charge in [-0.1, -0.05) is 23.2 Å². The largest absolute Gasteiger partial charge is 0.487 e. The van der Waals surface area contributed by atoms with E-state index in [4.69, 9.17) is 27.9 Å². The molecule has 25 heavy (non-hydrogen) atoms. The first-order chi connectivity index (χ1) is 11.8. The Morgan fingerprint density at radius 1 is 1.32 bits per heavy atom. The van der Waals surface area contributed by atoms with Gasteiger partial charge in [0.1, 0.15) is 21.9 Å². The topological polar surface area (TPSA) is 80.3 Å². The van der Waals surface area contributed by atoms with Crippen LogP contribution in [0.4, 0.5) is 5.69 Å². The van der Waals surface area contributed by atoms with Gasteiger partial charge in [0.05, 0.1) is 15.2 Å². The highest BCUT2D eigenvalue weighted by atomic mass is 79.9. The van der Waals surface area contributed by atoms with Crippen LogP contribution in [0.2, 0.25) is 10.2 Å². The van der Waals surface area contributed by atoms with Gasteiger partial charge in [0.15, 0.2) is 0 Å². The van der Waals surface area contributed by atoms with Crippen LogP contribution in [0.3, 0.4) is 0 Å². The molecular formula is C15H14BrCl2N3O3S. The molecule has 1 aromatic heterocycles. The highest BCUT2D eigenvalue weighted by molar-refractivity contribution is 9.10. The van der Waals surface area contributed by atoms with Gasteiger partial charge < -0.3 is 10.1 Å². The number of pyridine rings is 1. The highest BCUT2D eigenvalue weighted by Gasteiger charge is 2.20. The van der Waals surface area contributed by atoms with Gasteiger partial charge in [-0.05, 0) is 47.1 Å². The van der Waals surface area contributed by atoms with Crippen LogP contribution in [0.15, 0.2) is 39.8 Å². The fourth-order valence-electron chi connectivity index (χ4n) is 2.33. The van der Waals surface area contributed by atoms with E-state index >= 15 is 0 Å². The van der Waals surface area contributed by atoms with Crippen LogP contribution in [0.5, 0.6) is 5.75 Å². The van der Waals surface area contributed by atoms with Gasteiger partial charge in [-0.3, -0.25) is 4.72 Å². The maximum absolute atomic E-state index is 12.5. The van der Waals surface area contributed by atoms with Gasteiger partial charge in [0, 0.05) is 18.8 Å². The number of benzene rings is 1. The Labute approximate surface area is 164 Å². The maximum atomic E-state index is 12.5. The molecule has 1 fully saturated rings. The lowest BCUT2D eigenvalue weighted by molar-refractivity contribution is 0.223. The summed E-state index contributed by atoms with van der Waals surface area (Å²) in [6.07, 6.45) is 2.07. The van der Waals surface area contributed by atoms with E-state index < -0.39 is 10.0 Å². The van der Waals surface area contributed by atoms with Crippen LogP contribution in [-0.2, 0) is 10.0 Å². The molecule has 1 saturated heterocycles. The monoisotopic (exact) mass is 465 g/mol. The molecule has 2 N–H and O–H groups in total. The Morgan fingerprint density at radius 2 is 2.12 bits per heavy atom. The molecule has 1 unspecified atom stereocenters. The normalized spacial score (nSPS) is 17.5. The van der Waals surface area contributed by atoms with E-state index in [2.05, 4.69) is 31.0 Å². The second kappa shape index (κ2) is 7.67. The van der Waals surface area contributed by atoms with Crippen LogP contribution in [0, 0.1) is 0 Å². The fourth-order valence-corrected chi connectivity index (χ4v) is 4.12. The molecule has 134 valence electrons. The summed E-state index contributed by atoms with van der Waals surface area (Å²) in [5.41, 5.74) is 0.344. The molecule has 1 atom stereocenters. The summed E-state index contributed by atoms with van der Waals surface area (Å²) >= 11 is 15.1. The number of nitrogens with one attached hydrogen (secondary N) is 2. The Bertz CT molecular complexity index is 890. The molecule has 1 aromatic carbocycles. The number of hydrogen-bond acceptors (Lipinski definition) is 5. The number of rotatable bonds is 5. The summed E-state index contributed by atoms with van der Waals surface area (Å²) in [7, 11) is -3.82. The van der Waals surface area contributed by atoms with Gasteiger partial charge in [-0.15, -0.1) is 0 Å². The number of hydrogen-bond donors (Lipinski definition) is 2. The first-order valence-electron chi connectivity index (χ1n) is 7.36. The van der Waals surface area contributed by atoms with Gasteiger partial charge in [-0.25, -0.2) is 13.4 Å². The first kappa shape index (κ1) is 18.7. The molecule has 10 heteroatoms. The molecule has 2 heterocycles. The lowest BCUT2D eigenvalue weighted by Gasteiger charge is -2.15. The van der Waals surface area contributed by atoms with Crippen molar-refractivity contribution in [2.75, 3.05) is 17.8 Å². The average Bonchev–Trinajstić information content (AvgIpc) is 3.06. The van der Waals surface area contributed by atoms with Crippen molar-refractivity contribution in [2.45, 2.75) is 17.4 Å². The quantitative estimate of drug-likeness (QED) is 0.656. The smallest absolute Gasteiger partial charge is 0.263 e. The van der Waals surface area contributed by atoms with E-state index in [-0.39, 0.29) is 16.2 Å². The predicted molar refractivity (Wildman–Crippen MR) is 101 cm³/mol. The summed E-state index contributed by atoms with van der Waals surface area (Å²) in [4.78, 5) is 3.82. The van der Waals surface area contributed by atoms with Crippen LogP contribution in [0.1, 0.15) is 6.42 Å². The van der Waals surface area contributed by atoms with Crippen molar-refractivity contribution >= 4 is 54.8 Å². The minimum absolute atomic E-state index is 0.0128. The molecule has 6 nitrogen and oxygen atoms in total. The van der Waals surface area contributed by atoms with Crippen molar-refractivity contribution < 1.29 is 13.2 Å². The number of anilines is 1. The molecule has 1 aliphatic rings. The van der Waals surface area contributed by atoms with Gasteiger partial charge in [0.25, 0.3) is 10.0 Å². The molecule has 0 amide bonds. The van der Waals surface area contributed by atoms with Gasteiger partial charge in [-0.2, -0.15) is 0 Å². The van der Waals surface area contributed by atoms with E-state index in [1.807, 2.05) is 0 Å². The van der Waals surface area contributed by atoms with Crippen molar-refractivity contribution in [3.8, 4) is 5.75 Å². The number of sulfonamides is 1. The van der Waals surface area contributed by atoms with Gasteiger partial charge in [0.2, 0.25) is 0 Å². The Balaban J connectivity index is 1.82. The Morgan fingerprint density at radius 3 is 2.80 bits per heavy atom. The number of aromatic nitrogens is 1. The van der Waals surface area contributed by atoms with Crippen molar-refractivity contribution in [1.82, 2.24) is 10.3 Å². The van der Waals surface area contributed by atoms with Crippen LogP contribution in [0.25, 0.3) is 0 Å². The van der Waals surface area contributed by atoms with E-state index in [1.54, 1.807) is 18.2 Å². The number of ether oxygens (including phenoxy) is 1. The standard InChI is InChI=1S/C15H14BrCl2N3O3S/c16-12-6-11(8-20-15(12)18)25(22,23)21-9-1-2-13(17)14(5-9)24-10-3-4-19-7-10/h1-2,5-6,8,10,19,21H,3-4,7H2. The van der Waals surface area contributed by atoms with E-state index in [1.165, 1.54) is 12.3 Å². The second-order valence-electron chi connectivity index (χ2n) is 5.43. The maximum Gasteiger partial charge on any atom is 0.263 e. The van der Waals surface area contributed by atoms with Crippen molar-refractivity contribution in [2.24, 2.45) is 0 Å². The zero-order valence-corrected chi connectivity index (χ0v) is 16.7. The van der Waals surface area contributed by atoms with Crippen molar-refractivity contribution in [1.29, 1.82) is 0 Å². The molecule has 0 saturated carbocycles. The van der Waals surface area contributed by atoms with Crippen molar-refractivity contribution in [3.05, 3.63) is 45.1 Å².